The average Bonchev–Trinajstić information content (AvgIpc) is 1.74. The van der Waals surface area contributed by atoms with Crippen LogP contribution < -0.4 is 42.5 Å². The Labute approximate surface area is 881 Å². The summed E-state index contributed by atoms with van der Waals surface area (Å²) in [7, 11) is 3.88. The van der Waals surface area contributed by atoms with Gasteiger partial charge < -0.3 is 80.3 Å². The summed E-state index contributed by atoms with van der Waals surface area (Å²) in [5.74, 6) is 6.87. The Morgan fingerprint density at radius 2 is 0.772 bits per heavy atom. The molecule has 4 saturated heterocycles. The molecule has 3 aromatic carbocycles. The van der Waals surface area contributed by atoms with E-state index in [0.29, 0.717) is 109 Å². The summed E-state index contributed by atoms with van der Waals surface area (Å²) in [5.41, 5.74) is 4.40. The van der Waals surface area contributed by atoms with E-state index in [0.717, 1.165) is 162 Å². The lowest BCUT2D eigenvalue weighted by molar-refractivity contribution is -0.137. The van der Waals surface area contributed by atoms with E-state index in [1.165, 1.54) is 24.3 Å². The average molecular weight is 2120 g/mol. The van der Waals surface area contributed by atoms with Crippen LogP contribution in [0.25, 0.3) is 0 Å². The summed E-state index contributed by atoms with van der Waals surface area (Å²) in [4.78, 5) is 145. The largest absolute Gasteiger partial charge is 0.444 e. The minimum absolute atomic E-state index is 0.00570. The van der Waals surface area contributed by atoms with E-state index in [1.807, 2.05) is 94.0 Å². The zero-order valence-electron chi connectivity index (χ0n) is 84.0. The van der Waals surface area contributed by atoms with E-state index in [1.54, 1.807) is 184 Å². The normalized spacial score (nSPS) is 17.6. The molecule has 0 unspecified atom stereocenters. The van der Waals surface area contributed by atoms with E-state index in [4.69, 9.17) is 13.3 Å². The second kappa shape index (κ2) is 53.5. The predicted octanol–water partition coefficient (Wildman–Crippen LogP) is 20.7. The number of carbonyl (C=O) groups is 8. The molecule has 4 atom stereocenters. The molecule has 11 aromatic rings. The van der Waals surface area contributed by atoms with E-state index in [-0.39, 0.29) is 99.6 Å². The standard InChI is InChI=1S/C29H38N6O3S2.C26H31N5O3S2.C26H37N5O3S2.C24H25N5O2S2/c1-29(2,3)23-16-30-25(38-23)19-39-26-17-31-28(40-26)33-22-11-7-14-35(18-22)27(37)20-9-6-10-21(15-20)32-24(36)12-8-13-34(4)5;1-5-21(32)29-18-9-6-8-17(12-18)24(33)31-11-7-10-19(15-31)30-25-28-14-23(36-25)35-16-22-27-13-20(34-22)26(2,3)4;1-5-21(32)29-18-10-8-17(9-11-18)24(33)31-12-6-7-19(15-31)30-25-28-14-23(36-25)35-16-22-27-13-20(34-22)26(2,3)4;1-2-21(30)27-18-10-8-17(9-11-18)23(31)29-13-5-7-19(15-29)28-24-26-14-22(33-24)32-16-20-6-3-4-12-25-20/h6,8-10,12,15-17,22H,7,11,13-14,18-19H2,1-5H3,(H,31,33)(H,32,36);5-6,8-9,12-14,19H,1,7,10-11,15-16H2,2-4H3,(H,28,30)(H,29,32);5,13-14,17-19H,1,6-12,15-16H2,2-4H3,(H,28,30)(H,29,32);2-4,6,8-12,14,19H,1,5,7,13,15-16H2,(H,26,28)(H,27,30)/b12-8+;;;/t22-;19-;17?,18?,19-;19-/m1111/s1. The van der Waals surface area contributed by atoms with Crippen LogP contribution in [0.4, 0.5) is 37.6 Å². The molecule has 0 bridgehead atoms. The third-order valence-electron chi connectivity index (χ3n) is 24.0. The molecule has 0 radical (unpaired) electrons. The van der Waals surface area contributed by atoms with Crippen molar-refractivity contribution in [2.24, 2.45) is 5.92 Å². The molecule has 1 saturated carbocycles. The number of nitrogens with zero attached hydrogens (tertiary/aromatic N) is 13. The predicted molar refractivity (Wildman–Crippen MR) is 585 cm³/mol. The van der Waals surface area contributed by atoms with Crippen molar-refractivity contribution in [3.63, 3.8) is 0 Å². The van der Waals surface area contributed by atoms with Crippen molar-refractivity contribution in [3.8, 4) is 0 Å². The van der Waals surface area contributed by atoms with Gasteiger partial charge in [-0.15, -0.1) is 47.0 Å². The Bertz CT molecular complexity index is 6180. The number of nitrogens with one attached hydrogen (secondary N) is 8. The first-order valence-corrected chi connectivity index (χ1v) is 55.8. The number of likely N-dealkylation sites (N-methyl/N-ethyl adjacent to an activating group) is 1. The first kappa shape index (κ1) is 110. The van der Waals surface area contributed by atoms with Gasteiger partial charge >= 0.3 is 0 Å². The number of benzene rings is 3. The van der Waals surface area contributed by atoms with Crippen molar-refractivity contribution in [1.82, 2.24) is 69.7 Å². The van der Waals surface area contributed by atoms with Gasteiger partial charge in [0.15, 0.2) is 20.5 Å². The van der Waals surface area contributed by atoms with E-state index < -0.39 is 0 Å². The van der Waals surface area contributed by atoms with Gasteiger partial charge in [0, 0.05) is 163 Å². The van der Waals surface area contributed by atoms with E-state index in [9.17, 15) is 38.4 Å². The molecule has 5 fully saturated rings. The van der Waals surface area contributed by atoms with Gasteiger partial charge in [-0.2, -0.15) is 0 Å². The molecule has 16 rings (SSSR count). The topological polar surface area (TPSA) is 392 Å². The Balaban J connectivity index is 0.000000162. The van der Waals surface area contributed by atoms with Crippen molar-refractivity contribution in [3.05, 3.63) is 248 Å². The Morgan fingerprint density at radius 1 is 0.400 bits per heavy atom. The highest BCUT2D eigenvalue weighted by Crippen LogP contribution is 2.39. The number of likely N-dealkylation sites (tertiary alicyclic amines) is 4. The van der Waals surface area contributed by atoms with Crippen LogP contribution in [0, 0.1) is 5.92 Å². The quantitative estimate of drug-likeness (QED) is 0.0137. The highest BCUT2D eigenvalue weighted by atomic mass is 32.2. The molecule has 4 aliphatic heterocycles. The lowest BCUT2D eigenvalue weighted by Gasteiger charge is -2.37. The van der Waals surface area contributed by atoms with Gasteiger partial charge in [-0.05, 0) is 182 Å². The Morgan fingerprint density at radius 3 is 1.14 bits per heavy atom. The van der Waals surface area contributed by atoms with Gasteiger partial charge in [0.1, 0.15) is 17.3 Å². The maximum atomic E-state index is 13.3. The van der Waals surface area contributed by atoms with Crippen LogP contribution in [0.15, 0.2) is 221 Å². The smallest absolute Gasteiger partial charge is 0.253 e. The SMILES string of the molecule is C=CC(=O)NC1CCC(C(=O)N2CCC[C@@H](Nc3ncc(SCc4ncc(C(C)(C)C)o4)s3)C2)CC1.C=CC(=O)Nc1ccc(C(=O)N2CCC[C@@H](Nc3ncc(SCc4ccccn4)s3)C2)cc1.C=CC(=O)Nc1cccc(C(=O)N2CCC[C@@H](Nc3ncc(SCc4ncc(C(C)(C)C)o4)s3)C2)c1.CN(C)C/C=C/C(=O)Nc1cccc(C(=O)N2CCC[C@@H](Nc3ncc(SCc4ncc(C(C)(C)C)o4)s3)C2)c1. The fraction of sp³-hybridized carbons (Fsp3) is 0.429. The number of anilines is 7. The molecule has 0 spiro atoms. The fourth-order valence-electron chi connectivity index (χ4n) is 16.2. The number of thioether (sulfide) groups is 4. The van der Waals surface area contributed by atoms with Gasteiger partial charge in [0.25, 0.3) is 17.7 Å². The van der Waals surface area contributed by atoms with Crippen LogP contribution in [-0.4, -0.2) is 215 Å². The van der Waals surface area contributed by atoms with Gasteiger partial charge in [-0.25, -0.2) is 34.9 Å². The number of aromatic nitrogens is 8. The van der Waals surface area contributed by atoms with Crippen molar-refractivity contribution >= 4 is 177 Å². The number of oxazole rings is 3. The molecule has 40 heteroatoms. The molecule has 5 aliphatic rings. The molecule has 8 aromatic heterocycles. The summed E-state index contributed by atoms with van der Waals surface area (Å²) >= 11 is 13.1. The molecular weight excluding hydrogens is 1990 g/mol. The summed E-state index contributed by atoms with van der Waals surface area (Å²) in [5, 5.41) is 28.7. The lowest BCUT2D eigenvalue weighted by atomic mass is 9.84. The number of carbonyl (C=O) groups excluding carboxylic acids is 8. The molecule has 145 heavy (non-hydrogen) atoms. The van der Waals surface area contributed by atoms with Crippen LogP contribution in [-0.2, 0) is 63.2 Å². The highest BCUT2D eigenvalue weighted by molar-refractivity contribution is 8.01. The molecule has 770 valence electrons. The summed E-state index contributed by atoms with van der Waals surface area (Å²) in [6.45, 7) is 35.5. The fourth-order valence-corrected chi connectivity index (χ4v) is 23.5. The number of pyridine rings is 1. The third-order valence-corrected chi connectivity index (χ3v) is 32.4. The van der Waals surface area contributed by atoms with Crippen molar-refractivity contribution in [2.75, 3.05) is 110 Å². The number of rotatable bonds is 34. The van der Waals surface area contributed by atoms with Gasteiger partial charge in [-0.1, -0.05) is 152 Å². The maximum absolute atomic E-state index is 13.3. The monoisotopic (exact) mass is 2120 g/mol. The molecule has 8 N–H and O–H groups in total. The minimum Gasteiger partial charge on any atom is -0.444 e. The third kappa shape index (κ3) is 35.0. The van der Waals surface area contributed by atoms with Crippen LogP contribution in [0.3, 0.4) is 0 Å². The highest BCUT2D eigenvalue weighted by Gasteiger charge is 2.35. The minimum atomic E-state index is -0.308. The lowest BCUT2D eigenvalue weighted by Crippen LogP contribution is -2.48. The number of hydrogen-bond acceptors (Lipinski definition) is 32. The molecule has 8 amide bonds. The molecular formula is C105H131N21O11S8. The Kier molecular flexibility index (Phi) is 40.8. The van der Waals surface area contributed by atoms with E-state index >= 15 is 0 Å². The van der Waals surface area contributed by atoms with Gasteiger partial charge in [0.2, 0.25) is 47.2 Å². The number of amides is 8. The van der Waals surface area contributed by atoms with Crippen LogP contribution in [0.1, 0.15) is 211 Å². The van der Waals surface area contributed by atoms with Crippen LogP contribution >= 0.6 is 92.4 Å². The molecule has 32 nitrogen and oxygen atoms in total. The first-order chi connectivity index (χ1) is 69.6. The molecule has 12 heterocycles. The van der Waals surface area contributed by atoms with Crippen molar-refractivity contribution in [2.45, 2.75) is 226 Å². The Hall–Kier alpha value is -11.8. The second-order valence-electron chi connectivity index (χ2n) is 39.0. The summed E-state index contributed by atoms with van der Waals surface area (Å²) < 4.78 is 22.1. The summed E-state index contributed by atoms with van der Waals surface area (Å²) in [6, 6.07) is 27.7. The number of thiazole rings is 4. The first-order valence-electron chi connectivity index (χ1n) is 48.6. The second-order valence-corrected chi connectivity index (χ2v) is 48.3. The van der Waals surface area contributed by atoms with E-state index in [2.05, 4.69) is 164 Å². The van der Waals surface area contributed by atoms with Crippen molar-refractivity contribution in [1.29, 1.82) is 0 Å². The number of hydrogen-bond donors (Lipinski definition) is 8. The van der Waals surface area contributed by atoms with Gasteiger partial charge in [0.05, 0.1) is 83.2 Å². The zero-order valence-corrected chi connectivity index (χ0v) is 90.5. The van der Waals surface area contributed by atoms with Crippen molar-refractivity contribution < 1.29 is 51.6 Å². The zero-order chi connectivity index (χ0) is 103. The van der Waals surface area contributed by atoms with Gasteiger partial charge in [-0.3, -0.25) is 43.3 Å². The van der Waals surface area contributed by atoms with Crippen LogP contribution in [0.5, 0.6) is 0 Å². The number of piperidine rings is 4. The van der Waals surface area contributed by atoms with Crippen LogP contribution in [0.2, 0.25) is 0 Å². The maximum Gasteiger partial charge on any atom is 0.253 e. The molecule has 1 aliphatic carbocycles. The summed E-state index contributed by atoms with van der Waals surface area (Å²) in [6.07, 6.45) is 32.8.